The molecule has 0 bridgehead atoms. The van der Waals surface area contributed by atoms with Gasteiger partial charge in [-0.1, -0.05) is 24.3 Å². The van der Waals surface area contributed by atoms with E-state index < -0.39 is 6.10 Å². The number of imidazole rings is 1. The molecule has 4 rings (SSSR count). The second kappa shape index (κ2) is 7.86. The number of carbonyl (C=O) groups excluding carboxylic acids is 1. The van der Waals surface area contributed by atoms with E-state index in [1.54, 1.807) is 6.92 Å². The number of aromatic amines is 1. The number of aromatic nitrogens is 2. The molecule has 1 atom stereocenters. The number of nitrogens with one attached hydrogen (secondary N) is 2. The van der Waals surface area contributed by atoms with Crippen molar-refractivity contribution in [3.05, 3.63) is 77.3 Å². The van der Waals surface area contributed by atoms with Crippen molar-refractivity contribution in [2.24, 2.45) is 0 Å². The fraction of sp³-hybridized carbons (Fsp3) is 0.0909. The third kappa shape index (κ3) is 3.92. The Labute approximate surface area is 170 Å². The quantitative estimate of drug-likeness (QED) is 0.440. The van der Waals surface area contributed by atoms with E-state index in [4.69, 9.17) is 4.74 Å². The molecule has 0 saturated heterocycles. The van der Waals surface area contributed by atoms with E-state index in [1.807, 2.05) is 72.8 Å². The molecule has 5 nitrogen and oxygen atoms in total. The summed E-state index contributed by atoms with van der Waals surface area (Å²) in [5.41, 5.74) is 3.57. The summed E-state index contributed by atoms with van der Waals surface area (Å²) < 4.78 is 6.54. The molecule has 0 radical (unpaired) electrons. The van der Waals surface area contributed by atoms with Gasteiger partial charge >= 0.3 is 0 Å². The summed E-state index contributed by atoms with van der Waals surface area (Å²) in [5.74, 6) is 1.21. The van der Waals surface area contributed by atoms with E-state index >= 15 is 0 Å². The summed E-state index contributed by atoms with van der Waals surface area (Å²) in [6.07, 6.45) is -0.631. The highest BCUT2D eigenvalue weighted by Gasteiger charge is 2.16. The normalized spacial score (nSPS) is 11.9. The van der Waals surface area contributed by atoms with Crippen molar-refractivity contribution in [1.29, 1.82) is 0 Å². The minimum absolute atomic E-state index is 0.216. The molecule has 0 saturated carbocycles. The smallest absolute Gasteiger partial charge is 0.265 e. The molecule has 0 aliphatic rings. The molecule has 0 aliphatic carbocycles. The minimum atomic E-state index is -0.631. The summed E-state index contributed by atoms with van der Waals surface area (Å²) in [7, 11) is 0. The zero-order valence-electron chi connectivity index (χ0n) is 15.1. The second-order valence-corrected chi connectivity index (χ2v) is 7.21. The van der Waals surface area contributed by atoms with E-state index in [0.29, 0.717) is 11.4 Å². The van der Waals surface area contributed by atoms with Crippen LogP contribution in [0.5, 0.6) is 5.75 Å². The van der Waals surface area contributed by atoms with E-state index in [9.17, 15) is 4.79 Å². The number of anilines is 1. The first-order chi connectivity index (χ1) is 13.6. The van der Waals surface area contributed by atoms with Crippen LogP contribution in [-0.2, 0) is 4.79 Å². The van der Waals surface area contributed by atoms with Crippen LogP contribution in [0.25, 0.3) is 22.4 Å². The third-order valence-corrected chi connectivity index (χ3v) is 4.98. The maximum atomic E-state index is 12.4. The van der Waals surface area contributed by atoms with E-state index in [2.05, 4.69) is 31.2 Å². The number of benzene rings is 3. The van der Waals surface area contributed by atoms with Crippen molar-refractivity contribution < 1.29 is 9.53 Å². The van der Waals surface area contributed by atoms with Gasteiger partial charge in [-0.3, -0.25) is 4.79 Å². The number of halogens is 1. The molecule has 1 aromatic heterocycles. The van der Waals surface area contributed by atoms with Crippen molar-refractivity contribution in [3.8, 4) is 17.1 Å². The van der Waals surface area contributed by atoms with Gasteiger partial charge < -0.3 is 15.0 Å². The Morgan fingerprint density at radius 2 is 1.75 bits per heavy atom. The van der Waals surface area contributed by atoms with Crippen LogP contribution in [0.3, 0.4) is 0 Å². The lowest BCUT2D eigenvalue weighted by Crippen LogP contribution is -2.30. The maximum absolute atomic E-state index is 12.4. The van der Waals surface area contributed by atoms with Crippen LogP contribution in [0.4, 0.5) is 5.69 Å². The Kier molecular flexibility index (Phi) is 5.12. The SMILES string of the molecule is CC(Oc1ccccc1Br)C(=O)Nc1ccc(-c2nc3ccccc3[nH]2)cc1. The molecular weight excluding hydrogens is 418 g/mol. The van der Waals surface area contributed by atoms with Gasteiger partial charge in [-0.15, -0.1) is 0 Å². The maximum Gasteiger partial charge on any atom is 0.265 e. The number of amides is 1. The largest absolute Gasteiger partial charge is 0.480 e. The molecule has 28 heavy (non-hydrogen) atoms. The fourth-order valence-electron chi connectivity index (χ4n) is 2.83. The number of ether oxygens (including phenoxy) is 1. The highest BCUT2D eigenvalue weighted by molar-refractivity contribution is 9.10. The molecule has 0 fully saturated rings. The third-order valence-electron chi connectivity index (χ3n) is 4.32. The molecule has 0 aliphatic heterocycles. The summed E-state index contributed by atoms with van der Waals surface area (Å²) >= 11 is 3.42. The number of para-hydroxylation sites is 3. The number of fused-ring (bicyclic) bond motifs is 1. The monoisotopic (exact) mass is 435 g/mol. The van der Waals surface area contributed by atoms with Gasteiger partial charge in [0.15, 0.2) is 6.10 Å². The Morgan fingerprint density at radius 3 is 2.50 bits per heavy atom. The Morgan fingerprint density at radius 1 is 1.04 bits per heavy atom. The van der Waals surface area contributed by atoms with Gasteiger partial charge in [-0.25, -0.2) is 4.98 Å². The number of carbonyl (C=O) groups is 1. The predicted octanol–water partition coefficient (Wildman–Crippen LogP) is 5.40. The highest BCUT2D eigenvalue weighted by atomic mass is 79.9. The van der Waals surface area contributed by atoms with Gasteiger partial charge in [0, 0.05) is 11.3 Å². The van der Waals surface area contributed by atoms with E-state index in [0.717, 1.165) is 26.9 Å². The molecule has 1 heterocycles. The van der Waals surface area contributed by atoms with Crippen LogP contribution in [-0.4, -0.2) is 22.0 Å². The first kappa shape index (κ1) is 18.3. The second-order valence-electron chi connectivity index (χ2n) is 6.36. The standard InChI is InChI=1S/C22H18BrN3O2/c1-14(28-20-9-5-2-6-17(20)23)22(27)24-16-12-10-15(11-13-16)21-25-18-7-3-4-8-19(18)26-21/h2-14H,1H3,(H,24,27)(H,25,26). The number of hydrogen-bond donors (Lipinski definition) is 2. The molecule has 3 aromatic carbocycles. The number of H-pyrrole nitrogens is 1. The summed E-state index contributed by atoms with van der Waals surface area (Å²) in [4.78, 5) is 20.3. The Hall–Kier alpha value is -3.12. The summed E-state index contributed by atoms with van der Waals surface area (Å²) in [6, 6.07) is 22.9. The van der Waals surface area contributed by atoms with Gasteiger partial charge in [0.1, 0.15) is 11.6 Å². The molecule has 4 aromatic rings. The molecule has 6 heteroatoms. The van der Waals surface area contributed by atoms with Crippen LogP contribution in [0.1, 0.15) is 6.92 Å². The average molecular weight is 436 g/mol. The van der Waals surface area contributed by atoms with Crippen molar-refractivity contribution in [2.75, 3.05) is 5.32 Å². The molecule has 1 amide bonds. The van der Waals surface area contributed by atoms with Crippen molar-refractivity contribution in [2.45, 2.75) is 13.0 Å². The van der Waals surface area contributed by atoms with Crippen LogP contribution in [0.15, 0.2) is 77.3 Å². The Balaban J connectivity index is 1.43. The molecular formula is C22H18BrN3O2. The zero-order chi connectivity index (χ0) is 19.5. The lowest BCUT2D eigenvalue weighted by Gasteiger charge is -2.15. The lowest BCUT2D eigenvalue weighted by atomic mass is 10.2. The van der Waals surface area contributed by atoms with Gasteiger partial charge in [0.25, 0.3) is 5.91 Å². The fourth-order valence-corrected chi connectivity index (χ4v) is 3.21. The predicted molar refractivity (Wildman–Crippen MR) is 114 cm³/mol. The van der Waals surface area contributed by atoms with Crippen molar-refractivity contribution >= 4 is 38.6 Å². The Bertz CT molecular complexity index is 1090. The lowest BCUT2D eigenvalue weighted by molar-refractivity contribution is -0.122. The van der Waals surface area contributed by atoms with Crippen LogP contribution < -0.4 is 10.1 Å². The molecule has 0 spiro atoms. The van der Waals surface area contributed by atoms with Crippen LogP contribution in [0, 0.1) is 0 Å². The number of nitrogens with zero attached hydrogens (tertiary/aromatic N) is 1. The van der Waals surface area contributed by atoms with Crippen LogP contribution >= 0.6 is 15.9 Å². The number of hydrogen-bond acceptors (Lipinski definition) is 3. The minimum Gasteiger partial charge on any atom is -0.480 e. The van der Waals surface area contributed by atoms with Gasteiger partial charge in [-0.05, 0) is 71.4 Å². The highest BCUT2D eigenvalue weighted by Crippen LogP contribution is 2.25. The topological polar surface area (TPSA) is 67.0 Å². The van der Waals surface area contributed by atoms with Crippen molar-refractivity contribution in [1.82, 2.24) is 9.97 Å². The van der Waals surface area contributed by atoms with Crippen molar-refractivity contribution in [3.63, 3.8) is 0 Å². The van der Waals surface area contributed by atoms with Gasteiger partial charge in [0.05, 0.1) is 15.5 Å². The molecule has 1 unspecified atom stereocenters. The first-order valence-electron chi connectivity index (χ1n) is 8.87. The van der Waals surface area contributed by atoms with Gasteiger partial charge in [0.2, 0.25) is 0 Å². The molecule has 2 N–H and O–H groups in total. The van der Waals surface area contributed by atoms with Gasteiger partial charge in [-0.2, -0.15) is 0 Å². The molecule has 140 valence electrons. The number of rotatable bonds is 5. The van der Waals surface area contributed by atoms with E-state index in [1.165, 1.54) is 0 Å². The summed E-state index contributed by atoms with van der Waals surface area (Å²) in [5, 5.41) is 2.88. The zero-order valence-corrected chi connectivity index (χ0v) is 16.7. The van der Waals surface area contributed by atoms with Crippen LogP contribution in [0.2, 0.25) is 0 Å². The average Bonchev–Trinajstić information content (AvgIpc) is 3.14. The summed E-state index contributed by atoms with van der Waals surface area (Å²) in [6.45, 7) is 1.72. The first-order valence-corrected chi connectivity index (χ1v) is 9.67. The van der Waals surface area contributed by atoms with E-state index in [-0.39, 0.29) is 5.91 Å².